The average molecular weight is 184 g/mol. The molecule has 0 saturated heterocycles. The molecule has 0 unspecified atom stereocenters. The van der Waals surface area contributed by atoms with E-state index in [9.17, 15) is 4.79 Å². The smallest absolute Gasteiger partial charge is 0.315 e. The van der Waals surface area contributed by atoms with E-state index in [0.29, 0.717) is 0 Å². The molecule has 76 valence electrons. The van der Waals surface area contributed by atoms with Crippen LogP contribution in [0.5, 0.6) is 0 Å². The van der Waals surface area contributed by atoms with Gasteiger partial charge in [-0.3, -0.25) is 0 Å². The van der Waals surface area contributed by atoms with E-state index in [0.717, 1.165) is 12.8 Å². The lowest BCUT2D eigenvalue weighted by molar-refractivity contribution is 0.225. The number of carbonyl (C=O) groups excluding carboxylic acids is 1. The fourth-order valence-electron chi connectivity index (χ4n) is 1.85. The summed E-state index contributed by atoms with van der Waals surface area (Å²) in [6, 6.07) is 0.185. The lowest BCUT2D eigenvalue weighted by Crippen LogP contribution is -2.50. The van der Waals surface area contributed by atoms with Crippen LogP contribution in [0.2, 0.25) is 0 Å². The van der Waals surface area contributed by atoms with E-state index < -0.39 is 0 Å². The molecule has 0 atom stereocenters. The van der Waals surface area contributed by atoms with Gasteiger partial charge < -0.3 is 10.6 Å². The van der Waals surface area contributed by atoms with Crippen LogP contribution < -0.4 is 10.6 Å². The first-order chi connectivity index (χ1) is 6.02. The molecule has 0 aromatic carbocycles. The van der Waals surface area contributed by atoms with Crippen LogP contribution in [0.3, 0.4) is 0 Å². The first-order valence-corrected chi connectivity index (χ1v) is 5.10. The van der Waals surface area contributed by atoms with Crippen molar-refractivity contribution < 1.29 is 4.79 Å². The Morgan fingerprint density at radius 1 is 1.31 bits per heavy atom. The summed E-state index contributed by atoms with van der Waals surface area (Å²) in [7, 11) is 0. The molecule has 0 heterocycles. The molecule has 1 saturated carbocycles. The van der Waals surface area contributed by atoms with Crippen LogP contribution in [-0.4, -0.2) is 17.6 Å². The van der Waals surface area contributed by atoms with E-state index in [-0.39, 0.29) is 17.6 Å². The lowest BCUT2D eigenvalue weighted by Gasteiger charge is -2.26. The quantitative estimate of drug-likeness (QED) is 0.677. The van der Waals surface area contributed by atoms with Gasteiger partial charge >= 0.3 is 6.03 Å². The number of hydrogen-bond donors (Lipinski definition) is 2. The number of rotatable bonds is 2. The molecule has 0 bridgehead atoms. The zero-order chi connectivity index (χ0) is 9.90. The summed E-state index contributed by atoms with van der Waals surface area (Å²) < 4.78 is 0. The van der Waals surface area contributed by atoms with E-state index in [4.69, 9.17) is 0 Å². The molecule has 13 heavy (non-hydrogen) atoms. The Morgan fingerprint density at radius 3 is 2.31 bits per heavy atom. The van der Waals surface area contributed by atoms with Crippen molar-refractivity contribution in [2.75, 3.05) is 0 Å². The molecule has 3 heteroatoms. The van der Waals surface area contributed by atoms with Crippen molar-refractivity contribution in [1.82, 2.24) is 10.6 Å². The molecule has 1 rings (SSSR count). The molecule has 0 radical (unpaired) electrons. The number of carbonyl (C=O) groups is 1. The third-order valence-electron chi connectivity index (χ3n) is 2.54. The zero-order valence-corrected chi connectivity index (χ0v) is 8.81. The van der Waals surface area contributed by atoms with Gasteiger partial charge in [0.25, 0.3) is 0 Å². The van der Waals surface area contributed by atoms with Crippen LogP contribution in [-0.2, 0) is 0 Å². The van der Waals surface area contributed by atoms with Gasteiger partial charge in [-0.05, 0) is 33.6 Å². The largest absolute Gasteiger partial charge is 0.336 e. The summed E-state index contributed by atoms with van der Waals surface area (Å²) in [5.74, 6) is 0. The highest BCUT2D eigenvalue weighted by molar-refractivity contribution is 5.75. The Balaban J connectivity index is 2.34. The monoisotopic (exact) mass is 184 g/mol. The molecule has 0 spiro atoms. The molecule has 0 aromatic rings. The molecular weight excluding hydrogens is 164 g/mol. The highest BCUT2D eigenvalue weighted by Gasteiger charge is 2.29. The average Bonchev–Trinajstić information content (AvgIpc) is 2.33. The van der Waals surface area contributed by atoms with E-state index in [1.165, 1.54) is 12.8 Å². The summed E-state index contributed by atoms with van der Waals surface area (Å²) >= 11 is 0. The van der Waals surface area contributed by atoms with Crippen LogP contribution in [0.25, 0.3) is 0 Å². The topological polar surface area (TPSA) is 41.1 Å². The van der Waals surface area contributed by atoms with Crippen molar-refractivity contribution in [2.24, 2.45) is 0 Å². The summed E-state index contributed by atoms with van der Waals surface area (Å²) in [5.41, 5.74) is 0.0406. The molecule has 2 amide bonds. The SMILES string of the molecule is CC(C)NC(=O)NC1(C)CCCC1. The van der Waals surface area contributed by atoms with Gasteiger partial charge in [0.2, 0.25) is 0 Å². The summed E-state index contributed by atoms with van der Waals surface area (Å²) in [4.78, 5) is 11.4. The van der Waals surface area contributed by atoms with Crippen molar-refractivity contribution in [3.63, 3.8) is 0 Å². The van der Waals surface area contributed by atoms with Crippen LogP contribution in [0.15, 0.2) is 0 Å². The van der Waals surface area contributed by atoms with Crippen molar-refractivity contribution >= 4 is 6.03 Å². The Bertz CT molecular complexity index is 183. The molecule has 0 aromatic heterocycles. The fraction of sp³-hybridized carbons (Fsp3) is 0.900. The third-order valence-corrected chi connectivity index (χ3v) is 2.54. The summed E-state index contributed by atoms with van der Waals surface area (Å²) in [6.45, 7) is 6.06. The Kier molecular flexibility index (Phi) is 3.17. The summed E-state index contributed by atoms with van der Waals surface area (Å²) in [5, 5.41) is 5.88. The molecular formula is C10H20N2O. The van der Waals surface area contributed by atoms with Crippen molar-refractivity contribution in [2.45, 2.75) is 58.0 Å². The maximum atomic E-state index is 11.4. The molecule has 2 N–H and O–H groups in total. The van der Waals surface area contributed by atoms with Crippen molar-refractivity contribution in [1.29, 1.82) is 0 Å². The second-order valence-corrected chi connectivity index (χ2v) is 4.52. The number of hydrogen-bond acceptors (Lipinski definition) is 1. The van der Waals surface area contributed by atoms with Gasteiger partial charge in [0.1, 0.15) is 0 Å². The fourth-order valence-corrected chi connectivity index (χ4v) is 1.85. The number of amides is 2. The van der Waals surface area contributed by atoms with Crippen molar-refractivity contribution in [3.8, 4) is 0 Å². The van der Waals surface area contributed by atoms with Gasteiger partial charge in [-0.15, -0.1) is 0 Å². The van der Waals surface area contributed by atoms with Crippen LogP contribution in [0.4, 0.5) is 4.79 Å². The number of nitrogens with one attached hydrogen (secondary N) is 2. The highest BCUT2D eigenvalue weighted by atomic mass is 16.2. The van der Waals surface area contributed by atoms with Gasteiger partial charge in [0, 0.05) is 11.6 Å². The van der Waals surface area contributed by atoms with Crippen LogP contribution in [0.1, 0.15) is 46.5 Å². The Labute approximate surface area is 80.3 Å². The predicted molar refractivity (Wildman–Crippen MR) is 53.7 cm³/mol. The minimum absolute atomic E-state index is 0.0283. The van der Waals surface area contributed by atoms with Gasteiger partial charge in [0.15, 0.2) is 0 Å². The minimum Gasteiger partial charge on any atom is -0.336 e. The minimum atomic E-state index is -0.0283. The van der Waals surface area contributed by atoms with Gasteiger partial charge in [-0.2, -0.15) is 0 Å². The second-order valence-electron chi connectivity index (χ2n) is 4.52. The molecule has 0 aliphatic heterocycles. The van der Waals surface area contributed by atoms with E-state index in [1.54, 1.807) is 0 Å². The lowest BCUT2D eigenvalue weighted by atomic mass is 10.0. The Morgan fingerprint density at radius 2 is 1.85 bits per heavy atom. The highest BCUT2D eigenvalue weighted by Crippen LogP contribution is 2.28. The molecule has 3 nitrogen and oxygen atoms in total. The molecule has 1 aliphatic rings. The van der Waals surface area contributed by atoms with Gasteiger partial charge in [-0.1, -0.05) is 12.8 Å². The van der Waals surface area contributed by atoms with E-state index >= 15 is 0 Å². The van der Waals surface area contributed by atoms with Crippen LogP contribution in [0, 0.1) is 0 Å². The predicted octanol–water partition coefficient (Wildman–Crippen LogP) is 2.03. The number of urea groups is 1. The van der Waals surface area contributed by atoms with E-state index in [1.807, 2.05) is 13.8 Å². The van der Waals surface area contributed by atoms with Crippen molar-refractivity contribution in [3.05, 3.63) is 0 Å². The first kappa shape index (κ1) is 10.4. The standard InChI is InChI=1S/C10H20N2O/c1-8(2)11-9(13)12-10(3)6-4-5-7-10/h8H,4-7H2,1-3H3,(H2,11,12,13). The zero-order valence-electron chi connectivity index (χ0n) is 8.81. The maximum absolute atomic E-state index is 11.4. The van der Waals surface area contributed by atoms with Crippen LogP contribution >= 0.6 is 0 Å². The van der Waals surface area contributed by atoms with E-state index in [2.05, 4.69) is 17.6 Å². The second kappa shape index (κ2) is 3.99. The summed E-state index contributed by atoms with van der Waals surface area (Å²) in [6.07, 6.45) is 4.69. The third kappa shape index (κ3) is 3.25. The van der Waals surface area contributed by atoms with Gasteiger partial charge in [0.05, 0.1) is 0 Å². The first-order valence-electron chi connectivity index (χ1n) is 5.10. The molecule has 1 fully saturated rings. The Hall–Kier alpha value is -0.730. The maximum Gasteiger partial charge on any atom is 0.315 e. The van der Waals surface area contributed by atoms with Gasteiger partial charge in [-0.25, -0.2) is 4.79 Å². The molecule has 1 aliphatic carbocycles. The normalized spacial score (nSPS) is 20.3.